The van der Waals surface area contributed by atoms with Gasteiger partial charge in [0.1, 0.15) is 5.82 Å². The van der Waals surface area contributed by atoms with Crippen molar-refractivity contribution >= 4 is 11.8 Å². The zero-order chi connectivity index (χ0) is 9.68. The Bertz CT molecular complexity index is 301. The van der Waals surface area contributed by atoms with Gasteiger partial charge >= 0.3 is 0 Å². The highest BCUT2D eigenvalue weighted by Gasteiger charge is 2.10. The summed E-state index contributed by atoms with van der Waals surface area (Å²) in [5.41, 5.74) is 0. The number of aromatic amines is 1. The van der Waals surface area contributed by atoms with Gasteiger partial charge in [0.25, 0.3) is 0 Å². The zero-order valence-corrected chi connectivity index (χ0v) is 8.56. The number of H-pyrrole nitrogens is 1. The predicted molar refractivity (Wildman–Crippen MR) is 51.3 cm³/mol. The molecule has 0 fully saturated rings. The van der Waals surface area contributed by atoms with Gasteiger partial charge in [-0.05, 0) is 13.3 Å². The van der Waals surface area contributed by atoms with E-state index in [1.165, 1.54) is 0 Å². The lowest BCUT2D eigenvalue weighted by atomic mass is 10.3. The van der Waals surface area contributed by atoms with Crippen LogP contribution in [0.3, 0.4) is 0 Å². The summed E-state index contributed by atoms with van der Waals surface area (Å²) in [6.45, 7) is 3.93. The van der Waals surface area contributed by atoms with Gasteiger partial charge in [-0.25, -0.2) is 4.98 Å². The highest BCUT2D eigenvalue weighted by atomic mass is 32.2. The van der Waals surface area contributed by atoms with E-state index in [9.17, 15) is 0 Å². The third-order valence-electron chi connectivity index (χ3n) is 1.62. The van der Waals surface area contributed by atoms with Gasteiger partial charge in [-0.15, -0.1) is 5.10 Å². The molecule has 0 aliphatic heterocycles. The number of thioether (sulfide) groups is 1. The van der Waals surface area contributed by atoms with Gasteiger partial charge in [0, 0.05) is 11.7 Å². The van der Waals surface area contributed by atoms with Crippen molar-refractivity contribution in [1.82, 2.24) is 15.2 Å². The van der Waals surface area contributed by atoms with E-state index in [4.69, 9.17) is 5.26 Å². The first-order valence-corrected chi connectivity index (χ1v) is 5.06. The molecule has 1 atom stereocenters. The third-order valence-corrected chi connectivity index (χ3v) is 2.85. The molecule has 1 rings (SSSR count). The Labute approximate surface area is 81.8 Å². The standard InChI is InChI=1S/C8H12N4S/c1-3-7(4-5-9)13-8-10-6(2)11-12-8/h7H,3-4H2,1-2H3,(H,10,11,12). The Kier molecular flexibility index (Phi) is 3.77. The number of hydrogen-bond donors (Lipinski definition) is 1. The maximum Gasteiger partial charge on any atom is 0.208 e. The number of aryl methyl sites for hydroxylation is 1. The van der Waals surface area contributed by atoms with Crippen LogP contribution in [0.2, 0.25) is 0 Å². The van der Waals surface area contributed by atoms with Gasteiger partial charge in [0.15, 0.2) is 0 Å². The highest BCUT2D eigenvalue weighted by Crippen LogP contribution is 2.23. The van der Waals surface area contributed by atoms with Crippen LogP contribution in [0.5, 0.6) is 0 Å². The van der Waals surface area contributed by atoms with Gasteiger partial charge in [0.2, 0.25) is 5.16 Å². The van der Waals surface area contributed by atoms with Crippen LogP contribution in [0.1, 0.15) is 25.6 Å². The normalized spacial score (nSPS) is 12.4. The van der Waals surface area contributed by atoms with Crippen LogP contribution in [0.25, 0.3) is 0 Å². The van der Waals surface area contributed by atoms with Crippen LogP contribution >= 0.6 is 11.8 Å². The monoisotopic (exact) mass is 196 g/mol. The number of nitriles is 1. The molecule has 70 valence electrons. The van der Waals surface area contributed by atoms with Crippen LogP contribution < -0.4 is 0 Å². The van der Waals surface area contributed by atoms with Crippen LogP contribution in [-0.4, -0.2) is 20.4 Å². The fourth-order valence-corrected chi connectivity index (χ4v) is 1.81. The summed E-state index contributed by atoms with van der Waals surface area (Å²) in [6.07, 6.45) is 1.51. The van der Waals surface area contributed by atoms with E-state index in [1.807, 2.05) is 6.92 Å². The molecular weight excluding hydrogens is 184 g/mol. The minimum atomic E-state index is 0.306. The largest absolute Gasteiger partial charge is 0.262 e. The fraction of sp³-hybridized carbons (Fsp3) is 0.625. The zero-order valence-electron chi connectivity index (χ0n) is 7.74. The van der Waals surface area contributed by atoms with Crippen LogP contribution in [0.15, 0.2) is 5.16 Å². The summed E-state index contributed by atoms with van der Waals surface area (Å²) in [7, 11) is 0. The fourth-order valence-electron chi connectivity index (χ4n) is 0.895. The van der Waals surface area contributed by atoms with Crippen LogP contribution in [-0.2, 0) is 0 Å². The summed E-state index contributed by atoms with van der Waals surface area (Å²) in [5, 5.41) is 16.4. The Hall–Kier alpha value is -1.02. The summed E-state index contributed by atoms with van der Waals surface area (Å²) in [5.74, 6) is 0.814. The summed E-state index contributed by atoms with van der Waals surface area (Å²) >= 11 is 1.56. The van der Waals surface area contributed by atoms with Crippen molar-refractivity contribution in [2.24, 2.45) is 0 Å². The molecule has 0 aliphatic carbocycles. The van der Waals surface area contributed by atoms with E-state index in [0.717, 1.165) is 17.4 Å². The minimum absolute atomic E-state index is 0.306. The average molecular weight is 196 g/mol. The van der Waals surface area contributed by atoms with Gasteiger partial charge in [0.05, 0.1) is 6.07 Å². The first kappa shape index (κ1) is 10.1. The molecule has 0 bridgehead atoms. The average Bonchev–Trinajstić information content (AvgIpc) is 2.50. The molecule has 5 heteroatoms. The molecule has 0 aromatic carbocycles. The van der Waals surface area contributed by atoms with E-state index in [1.54, 1.807) is 11.8 Å². The maximum absolute atomic E-state index is 8.54. The van der Waals surface area contributed by atoms with Gasteiger partial charge < -0.3 is 0 Å². The van der Waals surface area contributed by atoms with Gasteiger partial charge in [-0.3, -0.25) is 5.10 Å². The quantitative estimate of drug-likeness (QED) is 0.747. The van der Waals surface area contributed by atoms with E-state index >= 15 is 0 Å². The Morgan fingerprint density at radius 3 is 2.92 bits per heavy atom. The molecule has 0 amide bonds. The SMILES string of the molecule is CCC(CC#N)Sc1n[nH]c(C)n1. The number of aromatic nitrogens is 3. The van der Waals surface area contributed by atoms with E-state index in [2.05, 4.69) is 28.2 Å². The molecule has 1 aromatic rings. The first-order valence-electron chi connectivity index (χ1n) is 4.19. The second-order valence-electron chi connectivity index (χ2n) is 2.71. The third kappa shape index (κ3) is 3.07. The van der Waals surface area contributed by atoms with E-state index < -0.39 is 0 Å². The van der Waals surface area contributed by atoms with Crippen LogP contribution in [0, 0.1) is 18.3 Å². The number of hydrogen-bond acceptors (Lipinski definition) is 4. The molecule has 0 saturated heterocycles. The van der Waals surface area contributed by atoms with E-state index in [0.29, 0.717) is 11.7 Å². The van der Waals surface area contributed by atoms with Crippen molar-refractivity contribution in [3.05, 3.63) is 5.82 Å². The highest BCUT2D eigenvalue weighted by molar-refractivity contribution is 7.99. The van der Waals surface area contributed by atoms with Crippen molar-refractivity contribution in [3.8, 4) is 6.07 Å². The Morgan fingerprint density at radius 2 is 2.46 bits per heavy atom. The molecule has 0 spiro atoms. The lowest BCUT2D eigenvalue weighted by Gasteiger charge is -2.05. The summed E-state index contributed by atoms with van der Waals surface area (Å²) in [4.78, 5) is 4.17. The first-order chi connectivity index (χ1) is 6.26. The second-order valence-corrected chi connectivity index (χ2v) is 3.98. The molecule has 1 unspecified atom stereocenters. The maximum atomic E-state index is 8.54. The number of rotatable bonds is 4. The number of nitrogens with one attached hydrogen (secondary N) is 1. The van der Waals surface area contributed by atoms with Crippen molar-refractivity contribution < 1.29 is 0 Å². The second kappa shape index (κ2) is 4.87. The molecule has 0 radical (unpaired) electrons. The van der Waals surface area contributed by atoms with E-state index in [-0.39, 0.29) is 0 Å². The molecule has 0 aliphatic rings. The molecule has 1 aromatic heterocycles. The molecule has 0 saturated carbocycles. The summed E-state index contributed by atoms with van der Waals surface area (Å²) < 4.78 is 0. The summed E-state index contributed by atoms with van der Waals surface area (Å²) in [6, 6.07) is 2.16. The topological polar surface area (TPSA) is 65.4 Å². The predicted octanol–water partition coefficient (Wildman–Crippen LogP) is 1.90. The van der Waals surface area contributed by atoms with Crippen molar-refractivity contribution in [3.63, 3.8) is 0 Å². The van der Waals surface area contributed by atoms with Gasteiger partial charge in [-0.1, -0.05) is 18.7 Å². The Balaban J connectivity index is 2.52. The lowest BCUT2D eigenvalue weighted by Crippen LogP contribution is -1.99. The van der Waals surface area contributed by atoms with Crippen molar-refractivity contribution in [2.75, 3.05) is 0 Å². The molecule has 1 N–H and O–H groups in total. The van der Waals surface area contributed by atoms with Gasteiger partial charge in [-0.2, -0.15) is 5.26 Å². The smallest absolute Gasteiger partial charge is 0.208 e. The molecule has 13 heavy (non-hydrogen) atoms. The minimum Gasteiger partial charge on any atom is -0.262 e. The Morgan fingerprint density at radius 1 is 1.69 bits per heavy atom. The molecular formula is C8H12N4S. The van der Waals surface area contributed by atoms with Crippen LogP contribution in [0.4, 0.5) is 0 Å². The number of nitrogens with zero attached hydrogens (tertiary/aromatic N) is 3. The molecule has 1 heterocycles. The van der Waals surface area contributed by atoms with Crippen molar-refractivity contribution in [1.29, 1.82) is 5.26 Å². The molecule has 4 nitrogen and oxygen atoms in total. The lowest BCUT2D eigenvalue weighted by molar-refractivity contribution is 0.833. The van der Waals surface area contributed by atoms with Crippen molar-refractivity contribution in [2.45, 2.75) is 37.1 Å².